The van der Waals surface area contributed by atoms with Gasteiger partial charge in [0.05, 0.1) is 24.0 Å². The highest BCUT2D eigenvalue weighted by molar-refractivity contribution is 7.92. The van der Waals surface area contributed by atoms with Gasteiger partial charge in [0.15, 0.2) is 0 Å². The summed E-state index contributed by atoms with van der Waals surface area (Å²) in [6.07, 6.45) is 0.938. The van der Waals surface area contributed by atoms with E-state index in [0.29, 0.717) is 25.1 Å². The number of nitrogens with zero attached hydrogens (tertiary/aromatic N) is 1. The summed E-state index contributed by atoms with van der Waals surface area (Å²) in [7, 11) is -3.55. The van der Waals surface area contributed by atoms with Crippen LogP contribution in [0.3, 0.4) is 0 Å². The first-order chi connectivity index (χ1) is 12.5. The molecule has 0 aromatic heterocycles. The normalized spacial score (nSPS) is 17.3. The lowest BCUT2D eigenvalue weighted by atomic mass is 9.97. The van der Waals surface area contributed by atoms with Crippen LogP contribution in [0.5, 0.6) is 0 Å². The minimum absolute atomic E-state index is 0.0632. The zero-order valence-electron chi connectivity index (χ0n) is 14.8. The number of hydrogen-bond acceptors (Lipinski definition) is 4. The van der Waals surface area contributed by atoms with Crippen LogP contribution < -0.4 is 4.31 Å². The molecule has 138 valence electrons. The van der Waals surface area contributed by atoms with Gasteiger partial charge in [-0.05, 0) is 37.0 Å². The SMILES string of the molecule is CCOC(=O)C1CCN(S(=O)(=O)Cc2ccccc2)c2ccccc2C1. The molecule has 1 heterocycles. The maximum absolute atomic E-state index is 13.1. The van der Waals surface area contributed by atoms with Gasteiger partial charge in [-0.2, -0.15) is 0 Å². The number of benzene rings is 2. The van der Waals surface area contributed by atoms with Crippen LogP contribution in [0.15, 0.2) is 54.6 Å². The molecule has 0 amide bonds. The van der Waals surface area contributed by atoms with E-state index in [4.69, 9.17) is 4.74 Å². The lowest BCUT2D eigenvalue weighted by Gasteiger charge is -2.24. The molecular formula is C20H23NO4S. The fraction of sp³-hybridized carbons (Fsp3) is 0.350. The van der Waals surface area contributed by atoms with Crippen molar-refractivity contribution in [3.05, 3.63) is 65.7 Å². The van der Waals surface area contributed by atoms with E-state index < -0.39 is 10.0 Å². The molecule has 0 radical (unpaired) electrons. The molecule has 2 aromatic rings. The topological polar surface area (TPSA) is 63.7 Å². The second kappa shape index (κ2) is 7.91. The Labute approximate surface area is 154 Å². The van der Waals surface area contributed by atoms with Crippen molar-refractivity contribution in [2.24, 2.45) is 5.92 Å². The summed E-state index contributed by atoms with van der Waals surface area (Å²) in [6, 6.07) is 16.5. The van der Waals surface area contributed by atoms with Gasteiger partial charge < -0.3 is 4.74 Å². The number of fused-ring (bicyclic) bond motifs is 1. The van der Waals surface area contributed by atoms with Crippen LogP contribution in [0.2, 0.25) is 0 Å². The molecule has 3 rings (SSSR count). The molecule has 26 heavy (non-hydrogen) atoms. The lowest BCUT2D eigenvalue weighted by molar-refractivity contribution is -0.148. The third kappa shape index (κ3) is 4.07. The highest BCUT2D eigenvalue weighted by atomic mass is 32.2. The van der Waals surface area contributed by atoms with E-state index in [9.17, 15) is 13.2 Å². The van der Waals surface area contributed by atoms with E-state index in [0.717, 1.165) is 11.1 Å². The average molecular weight is 373 g/mol. The van der Waals surface area contributed by atoms with E-state index in [1.807, 2.05) is 54.6 Å². The maximum atomic E-state index is 13.1. The summed E-state index contributed by atoms with van der Waals surface area (Å²) in [5, 5.41) is 0. The fourth-order valence-electron chi connectivity index (χ4n) is 3.30. The largest absolute Gasteiger partial charge is 0.466 e. The van der Waals surface area contributed by atoms with Crippen LogP contribution in [0.25, 0.3) is 0 Å². The standard InChI is InChI=1S/C20H23NO4S/c1-2-25-20(22)18-12-13-21(19-11-7-6-10-17(19)14-18)26(23,24)15-16-8-4-3-5-9-16/h3-11,18H,2,12-15H2,1H3. The summed E-state index contributed by atoms with van der Waals surface area (Å²) in [6.45, 7) is 2.38. The predicted octanol–water partition coefficient (Wildman–Crippen LogP) is 3.15. The monoisotopic (exact) mass is 373 g/mol. The Morgan fingerprint density at radius 2 is 1.81 bits per heavy atom. The first-order valence-electron chi connectivity index (χ1n) is 8.80. The van der Waals surface area contributed by atoms with Gasteiger partial charge in [-0.15, -0.1) is 0 Å². The van der Waals surface area contributed by atoms with Crippen LogP contribution >= 0.6 is 0 Å². The number of sulfonamides is 1. The molecule has 0 aliphatic carbocycles. The van der Waals surface area contributed by atoms with Crippen molar-refractivity contribution < 1.29 is 17.9 Å². The smallest absolute Gasteiger partial charge is 0.309 e. The first-order valence-corrected chi connectivity index (χ1v) is 10.4. The second-order valence-corrected chi connectivity index (χ2v) is 8.28. The van der Waals surface area contributed by atoms with Crippen molar-refractivity contribution in [2.75, 3.05) is 17.5 Å². The number of anilines is 1. The number of esters is 1. The van der Waals surface area contributed by atoms with Gasteiger partial charge in [0.2, 0.25) is 10.0 Å². The second-order valence-electron chi connectivity index (χ2n) is 6.38. The summed E-state index contributed by atoms with van der Waals surface area (Å²) in [5.74, 6) is -0.649. The van der Waals surface area contributed by atoms with Crippen molar-refractivity contribution in [3.63, 3.8) is 0 Å². The molecule has 2 aromatic carbocycles. The Hall–Kier alpha value is -2.34. The molecule has 1 unspecified atom stereocenters. The quantitative estimate of drug-likeness (QED) is 0.756. The molecule has 6 heteroatoms. The fourth-order valence-corrected chi connectivity index (χ4v) is 4.93. The molecule has 0 spiro atoms. The zero-order chi connectivity index (χ0) is 18.6. The Bertz CT molecular complexity index is 864. The molecule has 0 N–H and O–H groups in total. The van der Waals surface area contributed by atoms with Gasteiger partial charge in [0.1, 0.15) is 0 Å². The minimum Gasteiger partial charge on any atom is -0.466 e. The van der Waals surface area contributed by atoms with Gasteiger partial charge in [-0.1, -0.05) is 48.5 Å². The molecule has 0 bridgehead atoms. The number of para-hydroxylation sites is 1. The van der Waals surface area contributed by atoms with Crippen LogP contribution in [-0.4, -0.2) is 27.5 Å². The molecule has 1 aliphatic heterocycles. The summed E-state index contributed by atoms with van der Waals surface area (Å²) < 4.78 is 32.8. The molecule has 5 nitrogen and oxygen atoms in total. The average Bonchev–Trinajstić information content (AvgIpc) is 2.82. The number of rotatable bonds is 5. The van der Waals surface area contributed by atoms with E-state index in [-0.39, 0.29) is 24.2 Å². The third-order valence-electron chi connectivity index (χ3n) is 4.55. The minimum atomic E-state index is -3.55. The number of ether oxygens (including phenoxy) is 1. The molecular weight excluding hydrogens is 350 g/mol. The van der Waals surface area contributed by atoms with Gasteiger partial charge in [-0.25, -0.2) is 8.42 Å². The highest BCUT2D eigenvalue weighted by Gasteiger charge is 2.32. The van der Waals surface area contributed by atoms with E-state index in [1.54, 1.807) is 6.92 Å². The van der Waals surface area contributed by atoms with Gasteiger partial charge in [0, 0.05) is 6.54 Å². The van der Waals surface area contributed by atoms with Gasteiger partial charge >= 0.3 is 5.97 Å². The third-order valence-corrected chi connectivity index (χ3v) is 6.30. The number of hydrogen-bond donors (Lipinski definition) is 0. The summed E-state index contributed by atoms with van der Waals surface area (Å²) in [4.78, 5) is 12.2. The van der Waals surface area contributed by atoms with Crippen molar-refractivity contribution in [1.82, 2.24) is 0 Å². The van der Waals surface area contributed by atoms with Crippen LogP contribution in [0.4, 0.5) is 5.69 Å². The van der Waals surface area contributed by atoms with Crippen LogP contribution in [0, 0.1) is 5.92 Å². The summed E-state index contributed by atoms with van der Waals surface area (Å²) >= 11 is 0. The van der Waals surface area contributed by atoms with E-state index >= 15 is 0 Å². The number of carbonyl (C=O) groups is 1. The molecule has 1 aliphatic rings. The Morgan fingerprint density at radius 3 is 2.54 bits per heavy atom. The van der Waals surface area contributed by atoms with Crippen LogP contribution in [0.1, 0.15) is 24.5 Å². The Morgan fingerprint density at radius 1 is 1.12 bits per heavy atom. The molecule has 0 fully saturated rings. The Kier molecular flexibility index (Phi) is 5.61. The summed E-state index contributed by atoms with van der Waals surface area (Å²) in [5.41, 5.74) is 2.27. The highest BCUT2D eigenvalue weighted by Crippen LogP contribution is 2.32. The number of carbonyl (C=O) groups excluding carboxylic acids is 1. The lowest BCUT2D eigenvalue weighted by Crippen LogP contribution is -2.33. The van der Waals surface area contributed by atoms with Gasteiger partial charge in [0.25, 0.3) is 0 Å². The Balaban J connectivity index is 1.91. The van der Waals surface area contributed by atoms with Gasteiger partial charge in [-0.3, -0.25) is 9.10 Å². The van der Waals surface area contributed by atoms with Crippen molar-refractivity contribution in [2.45, 2.75) is 25.5 Å². The van der Waals surface area contributed by atoms with Crippen LogP contribution in [-0.2, 0) is 31.7 Å². The maximum Gasteiger partial charge on any atom is 0.309 e. The zero-order valence-corrected chi connectivity index (χ0v) is 15.6. The van der Waals surface area contributed by atoms with Crippen molar-refractivity contribution in [3.8, 4) is 0 Å². The van der Waals surface area contributed by atoms with E-state index in [1.165, 1.54) is 4.31 Å². The van der Waals surface area contributed by atoms with E-state index in [2.05, 4.69) is 0 Å². The predicted molar refractivity (Wildman–Crippen MR) is 101 cm³/mol. The molecule has 0 saturated carbocycles. The molecule has 1 atom stereocenters. The molecule has 0 saturated heterocycles. The first kappa shape index (κ1) is 18.5. The van der Waals surface area contributed by atoms with Crippen molar-refractivity contribution >= 4 is 21.7 Å². The van der Waals surface area contributed by atoms with Crippen molar-refractivity contribution in [1.29, 1.82) is 0 Å².